The molecule has 1 aromatic carbocycles. The minimum absolute atomic E-state index is 0. The monoisotopic (exact) mass is 472 g/mol. The number of hydrogen-bond acceptors (Lipinski definition) is 4. The fraction of sp³-hybridized carbons (Fsp3) is 0.500. The Morgan fingerprint density at radius 2 is 2.04 bits per heavy atom. The molecule has 0 saturated carbocycles. The first kappa shape index (κ1) is 22.2. The second-order valence-corrected chi connectivity index (χ2v) is 5.67. The van der Waals surface area contributed by atoms with Gasteiger partial charge in [0.1, 0.15) is 18.1 Å². The third kappa shape index (κ3) is 6.81. The highest BCUT2D eigenvalue weighted by atomic mass is 127. The lowest BCUT2D eigenvalue weighted by atomic mass is 10.1. The molecule has 0 aliphatic carbocycles. The standard InChI is InChI=1S/C18H28N6O.HI/c1-5-19-18(21-13-17-23-22-14(3)24(17)4)20-11-10-15-8-7-9-16(12-15)25-6-2;/h7-9,12H,5-6,10-11,13H2,1-4H3,(H2,19,20,21);1H. The predicted octanol–water partition coefficient (Wildman–Crippen LogP) is 2.44. The zero-order chi connectivity index (χ0) is 18.1. The maximum Gasteiger partial charge on any atom is 0.191 e. The molecule has 1 heterocycles. The maximum atomic E-state index is 5.54. The normalized spacial score (nSPS) is 11.0. The maximum absolute atomic E-state index is 5.54. The second kappa shape index (κ2) is 11.7. The molecule has 0 saturated heterocycles. The highest BCUT2D eigenvalue weighted by Gasteiger charge is 2.05. The van der Waals surface area contributed by atoms with Crippen molar-refractivity contribution in [2.75, 3.05) is 19.7 Å². The van der Waals surface area contributed by atoms with Crippen LogP contribution in [0, 0.1) is 6.92 Å². The highest BCUT2D eigenvalue weighted by Crippen LogP contribution is 2.13. The van der Waals surface area contributed by atoms with Crippen LogP contribution in [0.5, 0.6) is 5.75 Å². The van der Waals surface area contributed by atoms with Gasteiger partial charge in [-0.25, -0.2) is 4.99 Å². The van der Waals surface area contributed by atoms with E-state index in [0.717, 1.165) is 42.9 Å². The van der Waals surface area contributed by atoms with E-state index in [-0.39, 0.29) is 24.0 Å². The van der Waals surface area contributed by atoms with Gasteiger partial charge in [0.15, 0.2) is 11.8 Å². The number of nitrogens with zero attached hydrogens (tertiary/aromatic N) is 4. The number of aromatic nitrogens is 3. The number of ether oxygens (including phenoxy) is 1. The molecule has 0 bridgehead atoms. The first-order valence-electron chi connectivity index (χ1n) is 8.72. The van der Waals surface area contributed by atoms with E-state index in [4.69, 9.17) is 4.74 Å². The lowest BCUT2D eigenvalue weighted by Gasteiger charge is -2.12. The molecule has 0 amide bonds. The van der Waals surface area contributed by atoms with Crippen molar-refractivity contribution in [3.63, 3.8) is 0 Å². The van der Waals surface area contributed by atoms with E-state index < -0.39 is 0 Å². The van der Waals surface area contributed by atoms with Crippen molar-refractivity contribution in [1.29, 1.82) is 0 Å². The third-order valence-electron chi connectivity index (χ3n) is 3.82. The van der Waals surface area contributed by atoms with Crippen molar-refractivity contribution in [3.05, 3.63) is 41.5 Å². The Labute approximate surface area is 172 Å². The van der Waals surface area contributed by atoms with Gasteiger partial charge in [-0.05, 0) is 44.9 Å². The molecule has 0 aliphatic heterocycles. The van der Waals surface area contributed by atoms with Crippen molar-refractivity contribution in [2.45, 2.75) is 33.7 Å². The number of halogens is 1. The van der Waals surface area contributed by atoms with Crippen molar-refractivity contribution >= 4 is 29.9 Å². The van der Waals surface area contributed by atoms with Crippen LogP contribution in [0.1, 0.15) is 31.1 Å². The van der Waals surface area contributed by atoms with E-state index in [0.29, 0.717) is 13.2 Å². The van der Waals surface area contributed by atoms with Gasteiger partial charge in [0, 0.05) is 20.1 Å². The summed E-state index contributed by atoms with van der Waals surface area (Å²) in [5.41, 5.74) is 1.23. The number of benzene rings is 1. The number of rotatable bonds is 8. The van der Waals surface area contributed by atoms with Crippen LogP contribution in [-0.2, 0) is 20.0 Å². The van der Waals surface area contributed by atoms with Crippen molar-refractivity contribution in [1.82, 2.24) is 25.4 Å². The third-order valence-corrected chi connectivity index (χ3v) is 3.82. The summed E-state index contributed by atoms with van der Waals surface area (Å²) in [6.45, 7) is 8.75. The number of aliphatic imine (C=N–C) groups is 1. The fourth-order valence-electron chi connectivity index (χ4n) is 2.36. The Balaban J connectivity index is 0.00000338. The Bertz CT molecular complexity index is 701. The summed E-state index contributed by atoms with van der Waals surface area (Å²) < 4.78 is 7.49. The van der Waals surface area contributed by atoms with Crippen LogP contribution in [-0.4, -0.2) is 40.4 Å². The van der Waals surface area contributed by atoms with Crippen molar-refractivity contribution in [2.24, 2.45) is 12.0 Å². The van der Waals surface area contributed by atoms with Crippen molar-refractivity contribution < 1.29 is 4.74 Å². The largest absolute Gasteiger partial charge is 0.494 e. The molecule has 8 heteroatoms. The lowest BCUT2D eigenvalue weighted by molar-refractivity contribution is 0.340. The SMILES string of the molecule is CCNC(=NCc1nnc(C)n1C)NCCc1cccc(OCC)c1.I. The lowest BCUT2D eigenvalue weighted by Crippen LogP contribution is -2.38. The summed E-state index contributed by atoms with van der Waals surface area (Å²) in [6.07, 6.45) is 0.897. The van der Waals surface area contributed by atoms with Gasteiger partial charge in [-0.2, -0.15) is 0 Å². The Morgan fingerprint density at radius 3 is 2.69 bits per heavy atom. The van der Waals surface area contributed by atoms with E-state index in [9.17, 15) is 0 Å². The quantitative estimate of drug-likeness (QED) is 0.351. The van der Waals surface area contributed by atoms with Crippen LogP contribution in [0.2, 0.25) is 0 Å². The summed E-state index contributed by atoms with van der Waals surface area (Å²) >= 11 is 0. The van der Waals surface area contributed by atoms with E-state index >= 15 is 0 Å². The van der Waals surface area contributed by atoms with E-state index in [1.165, 1.54) is 5.56 Å². The zero-order valence-electron chi connectivity index (χ0n) is 16.0. The molecule has 0 atom stereocenters. The van der Waals surface area contributed by atoms with Crippen LogP contribution >= 0.6 is 24.0 Å². The smallest absolute Gasteiger partial charge is 0.191 e. The molecule has 0 aliphatic rings. The molecule has 0 fully saturated rings. The molecule has 0 spiro atoms. The summed E-state index contributed by atoms with van der Waals surface area (Å²) in [5.74, 6) is 3.43. The molecule has 2 N–H and O–H groups in total. The van der Waals surface area contributed by atoms with Gasteiger partial charge in [0.2, 0.25) is 0 Å². The van der Waals surface area contributed by atoms with Crippen LogP contribution < -0.4 is 15.4 Å². The summed E-state index contributed by atoms with van der Waals surface area (Å²) in [5, 5.41) is 14.8. The summed E-state index contributed by atoms with van der Waals surface area (Å²) in [6, 6.07) is 8.19. The molecule has 7 nitrogen and oxygen atoms in total. The Hall–Kier alpha value is -1.84. The predicted molar refractivity (Wildman–Crippen MR) is 115 cm³/mol. The van der Waals surface area contributed by atoms with Gasteiger partial charge < -0.3 is 19.9 Å². The number of hydrogen-bond donors (Lipinski definition) is 2. The first-order valence-corrected chi connectivity index (χ1v) is 8.72. The minimum Gasteiger partial charge on any atom is -0.494 e. The van der Waals surface area contributed by atoms with Crippen molar-refractivity contribution in [3.8, 4) is 5.75 Å². The summed E-state index contributed by atoms with van der Waals surface area (Å²) in [4.78, 5) is 4.58. The Morgan fingerprint density at radius 1 is 1.23 bits per heavy atom. The first-order chi connectivity index (χ1) is 12.1. The summed E-state index contributed by atoms with van der Waals surface area (Å²) in [7, 11) is 1.95. The second-order valence-electron chi connectivity index (χ2n) is 5.67. The molecule has 2 aromatic rings. The van der Waals surface area contributed by atoms with E-state index in [1.807, 2.05) is 37.6 Å². The fourth-order valence-corrected chi connectivity index (χ4v) is 2.36. The van der Waals surface area contributed by atoms with Gasteiger partial charge in [0.05, 0.1) is 6.61 Å². The van der Waals surface area contributed by atoms with Gasteiger partial charge in [-0.1, -0.05) is 12.1 Å². The van der Waals surface area contributed by atoms with E-state index in [2.05, 4.69) is 44.9 Å². The van der Waals surface area contributed by atoms with Gasteiger partial charge in [0.25, 0.3) is 0 Å². The molecular weight excluding hydrogens is 443 g/mol. The van der Waals surface area contributed by atoms with Gasteiger partial charge in [-0.3, -0.25) is 0 Å². The number of guanidine groups is 1. The zero-order valence-corrected chi connectivity index (χ0v) is 18.3. The molecular formula is C18H29IN6O. The average Bonchev–Trinajstić information content (AvgIpc) is 2.92. The van der Waals surface area contributed by atoms with Crippen LogP contribution in [0.4, 0.5) is 0 Å². The number of nitrogens with one attached hydrogen (secondary N) is 2. The van der Waals surface area contributed by atoms with Gasteiger partial charge >= 0.3 is 0 Å². The average molecular weight is 472 g/mol. The molecule has 1 aromatic heterocycles. The number of aryl methyl sites for hydroxylation is 1. The molecule has 0 unspecified atom stereocenters. The van der Waals surface area contributed by atoms with Crippen LogP contribution in [0.15, 0.2) is 29.3 Å². The highest BCUT2D eigenvalue weighted by molar-refractivity contribution is 14.0. The topological polar surface area (TPSA) is 76.4 Å². The van der Waals surface area contributed by atoms with Gasteiger partial charge in [-0.15, -0.1) is 34.2 Å². The molecule has 0 radical (unpaired) electrons. The molecule has 144 valence electrons. The van der Waals surface area contributed by atoms with Crippen LogP contribution in [0.25, 0.3) is 0 Å². The Kier molecular flexibility index (Phi) is 10.0. The minimum atomic E-state index is 0. The molecule has 26 heavy (non-hydrogen) atoms. The van der Waals surface area contributed by atoms with Crippen LogP contribution in [0.3, 0.4) is 0 Å². The van der Waals surface area contributed by atoms with E-state index in [1.54, 1.807) is 0 Å². The molecule has 2 rings (SSSR count).